The van der Waals surface area contributed by atoms with E-state index in [-0.39, 0.29) is 18.1 Å². The molecule has 0 unspecified atom stereocenters. The number of oxazole rings is 1. The summed E-state index contributed by atoms with van der Waals surface area (Å²) in [5, 5.41) is 20.9. The van der Waals surface area contributed by atoms with Gasteiger partial charge in [0.05, 0.1) is 51.7 Å². The maximum absolute atomic E-state index is 11.6. The molecule has 0 amide bonds. The molecular formula is C37H34Cl3N5O5. The van der Waals surface area contributed by atoms with Crippen molar-refractivity contribution in [3.05, 3.63) is 80.6 Å². The van der Waals surface area contributed by atoms with Gasteiger partial charge in [-0.15, -0.1) is 0 Å². The van der Waals surface area contributed by atoms with Gasteiger partial charge >= 0.3 is 5.97 Å². The molecule has 0 bridgehead atoms. The first-order valence-corrected chi connectivity index (χ1v) is 17.8. The molecule has 2 fully saturated rings. The third kappa shape index (κ3) is 5.91. The number of carboxylic acids is 1. The van der Waals surface area contributed by atoms with Crippen LogP contribution >= 0.6 is 34.8 Å². The number of hydrogen-bond donors (Lipinski definition) is 2. The fourth-order valence-electron chi connectivity index (χ4n) is 7.65. The van der Waals surface area contributed by atoms with Crippen LogP contribution in [-0.4, -0.2) is 80.3 Å². The number of benzene rings is 3. The number of fused-ring (bicyclic) bond motifs is 2. The second kappa shape index (κ2) is 13.4. The molecule has 50 heavy (non-hydrogen) atoms. The lowest BCUT2D eigenvalue weighted by Crippen LogP contribution is -2.26. The van der Waals surface area contributed by atoms with Crippen LogP contribution in [0.4, 0.5) is 0 Å². The van der Waals surface area contributed by atoms with Gasteiger partial charge in [0.25, 0.3) is 0 Å². The lowest BCUT2D eigenvalue weighted by molar-refractivity contribution is -0.141. The quantitative estimate of drug-likeness (QED) is 0.165. The normalized spacial score (nSPS) is 20.9. The van der Waals surface area contributed by atoms with E-state index in [1.807, 2.05) is 42.5 Å². The third-order valence-electron chi connectivity index (χ3n) is 10.2. The van der Waals surface area contributed by atoms with Gasteiger partial charge in [-0.05, 0) is 55.5 Å². The maximum atomic E-state index is 11.6. The zero-order chi connectivity index (χ0) is 34.7. The number of nitrogens with zero attached hydrogens (tertiary/aromatic N) is 5. The molecule has 0 radical (unpaired) electrons. The number of rotatable bonds is 8. The number of β-amino-alcohol motifs (C(OH)–C–C–N with tert-alkyl or cyclic N) is 1. The topological polar surface area (TPSA) is 125 Å². The standard InChI is InChI=1S/C37H34Cl3N5O5/c1-49-36-29(18-44-12-11-20(46)17-44)41-15-28(43-36)24-6-2-4-21(31(24)38)22-5-3-7-25(32(22)39)35-42-27-14-26-23(33(40)34(27)50-35)8-9-30(26)45-13-10-19(16-45)37(47)48/h2-7,14-15,19-20,30,46H,8-13,16-18H2,1H3,(H,47,48)/t19-,20-,30-/m1/s1. The molecule has 8 rings (SSSR count). The van der Waals surface area contributed by atoms with Gasteiger partial charge in [0.1, 0.15) is 11.2 Å². The van der Waals surface area contributed by atoms with Crippen molar-refractivity contribution < 1.29 is 24.2 Å². The van der Waals surface area contributed by atoms with Crippen molar-refractivity contribution in [3.63, 3.8) is 0 Å². The minimum absolute atomic E-state index is 0.0951. The second-order valence-electron chi connectivity index (χ2n) is 13.2. The molecule has 10 nitrogen and oxygen atoms in total. The van der Waals surface area contributed by atoms with Gasteiger partial charge in [-0.3, -0.25) is 19.6 Å². The predicted octanol–water partition coefficient (Wildman–Crippen LogP) is 7.55. The van der Waals surface area contributed by atoms with Crippen LogP contribution in [0, 0.1) is 5.92 Å². The summed E-state index contributed by atoms with van der Waals surface area (Å²) in [6, 6.07) is 13.4. The Hall–Kier alpha value is -3.77. The molecule has 1 aliphatic carbocycles. The van der Waals surface area contributed by atoms with Crippen LogP contribution in [-0.2, 0) is 17.8 Å². The molecule has 258 valence electrons. The smallest absolute Gasteiger partial charge is 0.307 e. The summed E-state index contributed by atoms with van der Waals surface area (Å²) in [7, 11) is 1.56. The number of methoxy groups -OCH3 is 1. The monoisotopic (exact) mass is 733 g/mol. The van der Waals surface area contributed by atoms with E-state index in [1.165, 1.54) is 0 Å². The zero-order valence-corrected chi connectivity index (χ0v) is 29.5. The number of aliphatic hydroxyl groups is 1. The average molecular weight is 735 g/mol. The van der Waals surface area contributed by atoms with Gasteiger partial charge in [-0.2, -0.15) is 0 Å². The SMILES string of the molecule is COc1nc(-c2cccc(-c3cccc(-c4nc5cc6c(c(Cl)c5o4)CC[C@H]6N4CC[C@@H](C(=O)O)C4)c3Cl)c2Cl)cnc1CN1CC[C@@H](O)C1. The molecule has 0 saturated carbocycles. The number of aromatic nitrogens is 3. The Morgan fingerprint density at radius 2 is 1.70 bits per heavy atom. The number of carboxylic acid groups (broad SMARTS) is 1. The molecule has 13 heteroatoms. The van der Waals surface area contributed by atoms with E-state index in [1.54, 1.807) is 13.3 Å². The summed E-state index contributed by atoms with van der Waals surface area (Å²) in [5.74, 6) is -0.350. The highest BCUT2D eigenvalue weighted by Crippen LogP contribution is 2.47. The molecule has 3 aromatic carbocycles. The summed E-state index contributed by atoms with van der Waals surface area (Å²) in [5.41, 5.74) is 7.14. The van der Waals surface area contributed by atoms with Gasteiger partial charge in [0, 0.05) is 48.9 Å². The van der Waals surface area contributed by atoms with Crippen molar-refractivity contribution >= 4 is 51.9 Å². The summed E-state index contributed by atoms with van der Waals surface area (Å²) >= 11 is 21.1. The van der Waals surface area contributed by atoms with Crippen molar-refractivity contribution in [2.45, 2.75) is 44.4 Å². The fraction of sp³-hybridized carbons (Fsp3) is 0.351. The Morgan fingerprint density at radius 1 is 0.960 bits per heavy atom. The van der Waals surface area contributed by atoms with Crippen molar-refractivity contribution in [2.75, 3.05) is 33.3 Å². The van der Waals surface area contributed by atoms with E-state index in [9.17, 15) is 15.0 Å². The number of hydrogen-bond acceptors (Lipinski definition) is 9. The highest BCUT2D eigenvalue weighted by molar-refractivity contribution is 6.39. The van der Waals surface area contributed by atoms with Crippen LogP contribution in [0.25, 0.3) is 44.9 Å². The summed E-state index contributed by atoms with van der Waals surface area (Å²) in [6.07, 6.45) is 4.40. The summed E-state index contributed by atoms with van der Waals surface area (Å²) in [6.45, 7) is 3.17. The Morgan fingerprint density at radius 3 is 2.40 bits per heavy atom. The molecule has 2 saturated heterocycles. The highest BCUT2D eigenvalue weighted by Gasteiger charge is 2.37. The Kier molecular flexibility index (Phi) is 8.95. The van der Waals surface area contributed by atoms with E-state index in [4.69, 9.17) is 53.9 Å². The number of ether oxygens (including phenoxy) is 1. The van der Waals surface area contributed by atoms with Crippen LogP contribution in [0.15, 0.2) is 53.1 Å². The first-order valence-electron chi connectivity index (χ1n) is 16.7. The number of carbonyl (C=O) groups is 1. The summed E-state index contributed by atoms with van der Waals surface area (Å²) in [4.78, 5) is 30.2. The van der Waals surface area contributed by atoms with Crippen molar-refractivity contribution in [2.24, 2.45) is 5.92 Å². The number of halogens is 3. The van der Waals surface area contributed by atoms with E-state index >= 15 is 0 Å². The van der Waals surface area contributed by atoms with Crippen molar-refractivity contribution in [3.8, 4) is 39.7 Å². The van der Waals surface area contributed by atoms with E-state index in [2.05, 4.69) is 14.8 Å². The van der Waals surface area contributed by atoms with E-state index < -0.39 is 5.97 Å². The molecule has 4 heterocycles. The van der Waals surface area contributed by atoms with Crippen LogP contribution in [0.1, 0.15) is 42.1 Å². The lowest BCUT2D eigenvalue weighted by atomic mass is 9.99. The summed E-state index contributed by atoms with van der Waals surface area (Å²) < 4.78 is 11.9. The fourth-order valence-corrected chi connectivity index (χ4v) is 8.62. The number of likely N-dealkylation sites (tertiary alicyclic amines) is 2. The molecular weight excluding hydrogens is 701 g/mol. The molecule has 0 spiro atoms. The molecule has 3 aliphatic rings. The minimum Gasteiger partial charge on any atom is -0.481 e. The van der Waals surface area contributed by atoms with E-state index in [0.717, 1.165) is 43.5 Å². The molecule has 3 atom stereocenters. The number of aliphatic hydroxyl groups excluding tert-OH is 1. The van der Waals surface area contributed by atoms with E-state index in [0.29, 0.717) is 97.6 Å². The Labute approximate surface area is 303 Å². The van der Waals surface area contributed by atoms with Gasteiger partial charge in [0.15, 0.2) is 5.58 Å². The van der Waals surface area contributed by atoms with Crippen LogP contribution in [0.5, 0.6) is 5.88 Å². The minimum atomic E-state index is -0.744. The molecule has 2 aliphatic heterocycles. The predicted molar refractivity (Wildman–Crippen MR) is 192 cm³/mol. The first kappa shape index (κ1) is 33.4. The molecule has 2 N–H and O–H groups in total. The number of aliphatic carboxylic acids is 1. The largest absolute Gasteiger partial charge is 0.481 e. The van der Waals surface area contributed by atoms with Gasteiger partial charge in [-0.25, -0.2) is 9.97 Å². The third-order valence-corrected chi connectivity index (χ3v) is 11.4. The lowest BCUT2D eigenvalue weighted by Gasteiger charge is -2.24. The molecule has 5 aromatic rings. The van der Waals surface area contributed by atoms with Crippen molar-refractivity contribution in [1.29, 1.82) is 0 Å². The second-order valence-corrected chi connectivity index (χ2v) is 14.4. The molecule has 2 aromatic heterocycles. The van der Waals surface area contributed by atoms with Gasteiger partial charge < -0.3 is 19.4 Å². The van der Waals surface area contributed by atoms with Crippen molar-refractivity contribution in [1.82, 2.24) is 24.8 Å². The highest BCUT2D eigenvalue weighted by atomic mass is 35.5. The van der Waals surface area contributed by atoms with Crippen LogP contribution in [0.3, 0.4) is 0 Å². The van der Waals surface area contributed by atoms with Gasteiger partial charge in [-0.1, -0.05) is 65.1 Å². The Balaban J connectivity index is 1.11. The maximum Gasteiger partial charge on any atom is 0.307 e. The average Bonchev–Trinajstić information content (AvgIpc) is 3.92. The first-order chi connectivity index (χ1) is 24.2. The van der Waals surface area contributed by atoms with Crippen LogP contribution in [0.2, 0.25) is 15.1 Å². The van der Waals surface area contributed by atoms with Gasteiger partial charge in [0.2, 0.25) is 11.8 Å². The zero-order valence-electron chi connectivity index (χ0n) is 27.2. The van der Waals surface area contributed by atoms with Crippen LogP contribution < -0.4 is 4.74 Å². The Bertz CT molecular complexity index is 2140.